The van der Waals surface area contributed by atoms with Crippen LogP contribution in [-0.4, -0.2) is 23.6 Å². The summed E-state index contributed by atoms with van der Waals surface area (Å²) in [4.78, 5) is 39.6. The number of pyridine rings is 1. The number of esters is 1. The van der Waals surface area contributed by atoms with Crippen molar-refractivity contribution in [3.63, 3.8) is 0 Å². The van der Waals surface area contributed by atoms with Gasteiger partial charge in [-0.25, -0.2) is 9.59 Å². The van der Waals surface area contributed by atoms with E-state index in [0.29, 0.717) is 11.2 Å². The van der Waals surface area contributed by atoms with Crippen molar-refractivity contribution in [1.82, 2.24) is 15.6 Å². The zero-order chi connectivity index (χ0) is 18.1. The summed E-state index contributed by atoms with van der Waals surface area (Å²) in [5.74, 6) is -0.569. The molecule has 0 bridgehead atoms. The number of aromatic nitrogens is 1. The number of fused-ring (bicyclic) bond motifs is 1. The fraction of sp³-hybridized carbons (Fsp3) is 0.278. The Morgan fingerprint density at radius 3 is 2.68 bits per heavy atom. The molecule has 1 aromatic carbocycles. The van der Waals surface area contributed by atoms with Gasteiger partial charge < -0.3 is 20.4 Å². The quantitative estimate of drug-likeness (QED) is 0.744. The third-order valence-corrected chi connectivity index (χ3v) is 4.11. The number of carbonyl (C=O) groups is 2. The first-order valence-corrected chi connectivity index (χ1v) is 7.99. The zero-order valence-electron chi connectivity index (χ0n) is 14.2. The summed E-state index contributed by atoms with van der Waals surface area (Å²) in [5, 5.41) is 6.00. The van der Waals surface area contributed by atoms with Crippen molar-refractivity contribution in [3.8, 4) is 0 Å². The molecule has 2 aromatic rings. The second-order valence-corrected chi connectivity index (χ2v) is 5.94. The molecule has 1 aliphatic rings. The maximum atomic E-state index is 12.6. The summed E-state index contributed by atoms with van der Waals surface area (Å²) in [6.45, 7) is 5.44. The summed E-state index contributed by atoms with van der Waals surface area (Å²) in [7, 11) is 0. The second kappa shape index (κ2) is 6.43. The van der Waals surface area contributed by atoms with E-state index < -0.39 is 18.0 Å². The van der Waals surface area contributed by atoms with Gasteiger partial charge in [-0.1, -0.05) is 12.1 Å². The van der Waals surface area contributed by atoms with Gasteiger partial charge in [0.1, 0.15) is 0 Å². The largest absolute Gasteiger partial charge is 0.463 e. The third kappa shape index (κ3) is 3.13. The second-order valence-electron chi connectivity index (χ2n) is 5.94. The molecule has 0 radical (unpaired) electrons. The summed E-state index contributed by atoms with van der Waals surface area (Å²) < 4.78 is 5.08. The number of amides is 2. The van der Waals surface area contributed by atoms with Crippen molar-refractivity contribution >= 4 is 22.9 Å². The maximum absolute atomic E-state index is 12.6. The third-order valence-electron chi connectivity index (χ3n) is 4.11. The monoisotopic (exact) mass is 341 g/mol. The molecule has 0 aliphatic carbocycles. The van der Waals surface area contributed by atoms with Crippen LogP contribution in [0.5, 0.6) is 0 Å². The number of aryl methyl sites for hydroxylation is 1. The number of hydrogen-bond acceptors (Lipinski definition) is 4. The predicted molar refractivity (Wildman–Crippen MR) is 93.0 cm³/mol. The minimum atomic E-state index is -0.873. The van der Waals surface area contributed by atoms with E-state index in [0.717, 1.165) is 10.9 Å². The average Bonchev–Trinajstić information content (AvgIpc) is 2.53. The zero-order valence-corrected chi connectivity index (χ0v) is 14.2. The lowest BCUT2D eigenvalue weighted by Crippen LogP contribution is -2.46. The minimum Gasteiger partial charge on any atom is -0.463 e. The molecule has 0 saturated heterocycles. The average molecular weight is 341 g/mol. The van der Waals surface area contributed by atoms with E-state index >= 15 is 0 Å². The molecule has 2 amide bonds. The number of carbonyl (C=O) groups excluding carboxylic acids is 2. The van der Waals surface area contributed by atoms with E-state index in [1.165, 1.54) is 0 Å². The summed E-state index contributed by atoms with van der Waals surface area (Å²) in [6.07, 6.45) is 0. The molecule has 0 spiro atoms. The van der Waals surface area contributed by atoms with E-state index in [4.69, 9.17) is 4.74 Å². The Hall–Kier alpha value is -3.09. The number of ether oxygens (including phenoxy) is 1. The summed E-state index contributed by atoms with van der Waals surface area (Å²) >= 11 is 0. The van der Waals surface area contributed by atoms with Crippen molar-refractivity contribution in [1.29, 1.82) is 0 Å². The van der Waals surface area contributed by atoms with Crippen molar-refractivity contribution < 1.29 is 14.3 Å². The van der Waals surface area contributed by atoms with Crippen LogP contribution >= 0.6 is 0 Å². The lowest BCUT2D eigenvalue weighted by Gasteiger charge is -2.27. The number of allylic oxidation sites excluding steroid dienone is 1. The fourth-order valence-electron chi connectivity index (χ4n) is 2.95. The topological polar surface area (TPSA) is 100 Å². The Kier molecular flexibility index (Phi) is 4.31. The molecule has 1 aromatic heterocycles. The lowest BCUT2D eigenvalue weighted by molar-refractivity contribution is -0.139. The minimum absolute atomic E-state index is 0.198. The highest BCUT2D eigenvalue weighted by Crippen LogP contribution is 2.27. The van der Waals surface area contributed by atoms with E-state index in [2.05, 4.69) is 15.6 Å². The Bertz CT molecular complexity index is 958. The molecule has 7 nitrogen and oxygen atoms in total. The van der Waals surface area contributed by atoms with Gasteiger partial charge in [-0.05, 0) is 43.9 Å². The Labute approximate surface area is 144 Å². The summed E-state index contributed by atoms with van der Waals surface area (Å²) in [5.41, 5.74) is 2.24. The number of aromatic amines is 1. The van der Waals surface area contributed by atoms with Crippen LogP contribution in [0.4, 0.5) is 4.79 Å². The van der Waals surface area contributed by atoms with E-state index in [-0.39, 0.29) is 23.3 Å². The maximum Gasteiger partial charge on any atom is 0.338 e. The molecule has 0 fully saturated rings. The summed E-state index contributed by atoms with van der Waals surface area (Å²) in [6, 6.07) is 6.03. The molecule has 1 atom stereocenters. The molecule has 0 unspecified atom stereocenters. The SMILES string of the molecule is CCOC(=O)C1=C(C)NC(=O)N[C@H]1c1cc2ccc(C)cc2[nH]c1=O. The van der Waals surface area contributed by atoms with Gasteiger partial charge in [0.05, 0.1) is 18.2 Å². The number of rotatable bonds is 3. The molecular weight excluding hydrogens is 322 g/mol. The highest BCUT2D eigenvalue weighted by Gasteiger charge is 2.33. The van der Waals surface area contributed by atoms with Gasteiger partial charge >= 0.3 is 12.0 Å². The van der Waals surface area contributed by atoms with Gasteiger partial charge in [-0.15, -0.1) is 0 Å². The van der Waals surface area contributed by atoms with E-state index in [1.807, 2.05) is 25.1 Å². The molecule has 130 valence electrons. The number of urea groups is 1. The molecule has 1 aliphatic heterocycles. The smallest absolute Gasteiger partial charge is 0.338 e. The van der Waals surface area contributed by atoms with Crippen LogP contribution in [0.1, 0.15) is 31.0 Å². The molecule has 3 N–H and O–H groups in total. The number of nitrogens with one attached hydrogen (secondary N) is 3. The van der Waals surface area contributed by atoms with Gasteiger partial charge in [0.25, 0.3) is 5.56 Å². The van der Waals surface area contributed by atoms with Crippen LogP contribution in [0.2, 0.25) is 0 Å². The standard InChI is InChI=1S/C18H19N3O4/c1-4-25-17(23)14-10(3)19-18(24)21-15(14)12-8-11-6-5-9(2)7-13(11)20-16(12)22/h5-8,15H,4H2,1-3H3,(H,20,22)(H2,19,21,24)/t15-/m0/s1. The first-order valence-electron chi connectivity index (χ1n) is 7.99. The highest BCUT2D eigenvalue weighted by atomic mass is 16.5. The van der Waals surface area contributed by atoms with Gasteiger partial charge in [-0.2, -0.15) is 0 Å². The number of hydrogen-bond donors (Lipinski definition) is 3. The van der Waals surface area contributed by atoms with Gasteiger partial charge in [0.15, 0.2) is 0 Å². The van der Waals surface area contributed by atoms with Gasteiger partial charge in [-0.3, -0.25) is 4.79 Å². The first-order chi connectivity index (χ1) is 11.9. The van der Waals surface area contributed by atoms with Gasteiger partial charge in [0, 0.05) is 16.8 Å². The van der Waals surface area contributed by atoms with Crippen LogP contribution < -0.4 is 16.2 Å². The molecule has 7 heteroatoms. The molecule has 3 rings (SSSR count). The number of benzene rings is 1. The highest BCUT2D eigenvalue weighted by molar-refractivity contribution is 5.95. The van der Waals surface area contributed by atoms with Crippen molar-refractivity contribution in [2.45, 2.75) is 26.8 Å². The predicted octanol–water partition coefficient (Wildman–Crippen LogP) is 2.03. The van der Waals surface area contributed by atoms with Crippen LogP contribution in [-0.2, 0) is 9.53 Å². The Morgan fingerprint density at radius 1 is 1.20 bits per heavy atom. The van der Waals surface area contributed by atoms with Crippen molar-refractivity contribution in [2.24, 2.45) is 0 Å². The number of H-pyrrole nitrogens is 1. The fourth-order valence-corrected chi connectivity index (χ4v) is 2.95. The normalized spacial score (nSPS) is 17.2. The molecule has 25 heavy (non-hydrogen) atoms. The van der Waals surface area contributed by atoms with Crippen LogP contribution in [0.3, 0.4) is 0 Å². The molecule has 0 saturated carbocycles. The Morgan fingerprint density at radius 2 is 1.96 bits per heavy atom. The van der Waals surface area contributed by atoms with Crippen LogP contribution in [0, 0.1) is 6.92 Å². The lowest BCUT2D eigenvalue weighted by atomic mass is 9.95. The van der Waals surface area contributed by atoms with E-state index in [9.17, 15) is 14.4 Å². The first kappa shape index (κ1) is 16.8. The van der Waals surface area contributed by atoms with E-state index in [1.54, 1.807) is 19.9 Å². The molecule has 2 heterocycles. The molecular formula is C18H19N3O4. The van der Waals surface area contributed by atoms with Gasteiger partial charge in [0.2, 0.25) is 0 Å². The van der Waals surface area contributed by atoms with Crippen molar-refractivity contribution in [2.75, 3.05) is 6.61 Å². The Balaban J connectivity index is 2.16. The van der Waals surface area contributed by atoms with Crippen LogP contribution in [0.25, 0.3) is 10.9 Å². The van der Waals surface area contributed by atoms with Crippen LogP contribution in [0.15, 0.2) is 40.3 Å². The van der Waals surface area contributed by atoms with Crippen molar-refractivity contribution in [3.05, 3.63) is 57.0 Å².